The van der Waals surface area contributed by atoms with Gasteiger partial charge in [0.15, 0.2) is 0 Å². The van der Waals surface area contributed by atoms with Gasteiger partial charge in [-0.15, -0.1) is 0 Å². The van der Waals surface area contributed by atoms with E-state index in [1.54, 1.807) is 0 Å². The highest BCUT2D eigenvalue weighted by molar-refractivity contribution is 9.10. The molecule has 3 aromatic rings. The van der Waals surface area contributed by atoms with E-state index in [0.29, 0.717) is 13.2 Å². The van der Waals surface area contributed by atoms with Crippen molar-refractivity contribution in [3.63, 3.8) is 0 Å². The van der Waals surface area contributed by atoms with E-state index in [0.717, 1.165) is 22.6 Å². The Bertz CT molecular complexity index is 993. The molecule has 2 aliphatic rings. The molecule has 3 heteroatoms. The zero-order valence-corrected chi connectivity index (χ0v) is 19.4. The standard InChI is InChI=1S/C28H29BrO2/c29-24-12-10-22(11-13-24)28-26-15-14-25(30-18-21-8-2-1-3-9-21)17-23(26)19-31-27(28)16-20-6-4-5-7-20/h1-3,8-15,17,20,27-28H,4-7,16,18-19H2. The Kier molecular flexibility index (Phi) is 6.42. The number of hydrogen-bond donors (Lipinski definition) is 0. The lowest BCUT2D eigenvalue weighted by Crippen LogP contribution is -2.30. The second-order valence-electron chi connectivity index (χ2n) is 8.90. The van der Waals surface area contributed by atoms with Crippen molar-refractivity contribution >= 4 is 15.9 Å². The minimum Gasteiger partial charge on any atom is -0.489 e. The van der Waals surface area contributed by atoms with Gasteiger partial charge in [0.1, 0.15) is 12.4 Å². The molecule has 2 atom stereocenters. The van der Waals surface area contributed by atoms with Crippen molar-refractivity contribution in [1.82, 2.24) is 0 Å². The Morgan fingerprint density at radius 2 is 1.68 bits per heavy atom. The molecular formula is C28H29BrO2. The van der Waals surface area contributed by atoms with Gasteiger partial charge >= 0.3 is 0 Å². The summed E-state index contributed by atoms with van der Waals surface area (Å²) in [4.78, 5) is 0. The third-order valence-corrected chi connectivity index (χ3v) is 7.32. The van der Waals surface area contributed by atoms with E-state index < -0.39 is 0 Å². The first-order valence-corrected chi connectivity index (χ1v) is 12.2. The highest BCUT2D eigenvalue weighted by Gasteiger charge is 2.34. The fourth-order valence-electron chi connectivity index (χ4n) is 5.18. The molecule has 0 bridgehead atoms. The average molecular weight is 477 g/mol. The van der Waals surface area contributed by atoms with Crippen LogP contribution in [0.5, 0.6) is 5.75 Å². The second-order valence-corrected chi connectivity index (χ2v) is 9.82. The van der Waals surface area contributed by atoms with Gasteiger partial charge in [0.2, 0.25) is 0 Å². The van der Waals surface area contributed by atoms with Crippen LogP contribution in [0.4, 0.5) is 0 Å². The lowest BCUT2D eigenvalue weighted by molar-refractivity contribution is 0.00145. The Balaban J connectivity index is 1.40. The van der Waals surface area contributed by atoms with Crippen molar-refractivity contribution in [3.8, 4) is 5.75 Å². The van der Waals surface area contributed by atoms with Gasteiger partial charge in [-0.05, 0) is 58.9 Å². The lowest BCUT2D eigenvalue weighted by Gasteiger charge is -2.36. The first-order chi connectivity index (χ1) is 15.3. The van der Waals surface area contributed by atoms with E-state index in [9.17, 15) is 0 Å². The maximum absolute atomic E-state index is 6.51. The number of fused-ring (bicyclic) bond motifs is 1. The summed E-state index contributed by atoms with van der Waals surface area (Å²) in [6.07, 6.45) is 6.86. The maximum atomic E-state index is 6.51. The van der Waals surface area contributed by atoms with Crippen LogP contribution in [0.3, 0.4) is 0 Å². The van der Waals surface area contributed by atoms with Crippen LogP contribution < -0.4 is 4.74 Å². The van der Waals surface area contributed by atoms with E-state index in [1.165, 1.54) is 47.9 Å². The Morgan fingerprint density at radius 1 is 0.903 bits per heavy atom. The van der Waals surface area contributed by atoms with Crippen LogP contribution in [-0.2, 0) is 18.0 Å². The molecule has 0 aromatic heterocycles. The van der Waals surface area contributed by atoms with Crippen molar-refractivity contribution in [2.75, 3.05) is 0 Å². The summed E-state index contributed by atoms with van der Waals surface area (Å²) >= 11 is 3.59. The van der Waals surface area contributed by atoms with E-state index >= 15 is 0 Å². The highest BCUT2D eigenvalue weighted by atomic mass is 79.9. The molecule has 3 aromatic carbocycles. The minimum absolute atomic E-state index is 0.243. The molecule has 2 nitrogen and oxygen atoms in total. The predicted molar refractivity (Wildman–Crippen MR) is 128 cm³/mol. The van der Waals surface area contributed by atoms with Crippen LogP contribution in [0.25, 0.3) is 0 Å². The minimum atomic E-state index is 0.243. The molecule has 1 fully saturated rings. The predicted octanol–water partition coefficient (Wildman–Crippen LogP) is 7.64. The number of hydrogen-bond acceptors (Lipinski definition) is 2. The van der Waals surface area contributed by atoms with Crippen molar-refractivity contribution in [2.45, 2.75) is 57.3 Å². The van der Waals surface area contributed by atoms with Gasteiger partial charge in [0, 0.05) is 10.4 Å². The summed E-state index contributed by atoms with van der Waals surface area (Å²) < 4.78 is 13.7. The normalized spacial score (nSPS) is 21.1. The van der Waals surface area contributed by atoms with Crippen molar-refractivity contribution in [2.24, 2.45) is 5.92 Å². The summed E-state index contributed by atoms with van der Waals surface area (Å²) in [6, 6.07) is 25.7. The largest absolute Gasteiger partial charge is 0.489 e. The molecule has 160 valence electrons. The molecule has 1 saturated carbocycles. The zero-order chi connectivity index (χ0) is 21.0. The molecule has 1 heterocycles. The van der Waals surface area contributed by atoms with Gasteiger partial charge in [-0.1, -0.05) is 90.1 Å². The number of benzene rings is 3. The Morgan fingerprint density at radius 3 is 2.45 bits per heavy atom. The van der Waals surface area contributed by atoms with Crippen LogP contribution in [0, 0.1) is 5.92 Å². The number of rotatable bonds is 6. The van der Waals surface area contributed by atoms with E-state index in [-0.39, 0.29) is 12.0 Å². The zero-order valence-electron chi connectivity index (χ0n) is 17.8. The van der Waals surface area contributed by atoms with Crippen LogP contribution in [0.2, 0.25) is 0 Å². The van der Waals surface area contributed by atoms with Crippen LogP contribution in [0.1, 0.15) is 60.3 Å². The summed E-state index contributed by atoms with van der Waals surface area (Å²) in [5.41, 5.74) is 5.16. The first kappa shape index (κ1) is 20.8. The first-order valence-electron chi connectivity index (χ1n) is 11.4. The summed E-state index contributed by atoms with van der Waals surface area (Å²) in [6.45, 7) is 1.25. The third-order valence-electron chi connectivity index (χ3n) is 6.79. The van der Waals surface area contributed by atoms with Gasteiger partial charge < -0.3 is 9.47 Å². The van der Waals surface area contributed by atoms with E-state index in [1.807, 2.05) is 18.2 Å². The molecule has 0 saturated heterocycles. The number of halogens is 1. The van der Waals surface area contributed by atoms with Gasteiger partial charge in [0.05, 0.1) is 12.7 Å². The third kappa shape index (κ3) is 4.88. The average Bonchev–Trinajstić information content (AvgIpc) is 3.32. The fourth-order valence-corrected chi connectivity index (χ4v) is 5.44. The van der Waals surface area contributed by atoms with E-state index in [4.69, 9.17) is 9.47 Å². The summed E-state index contributed by atoms with van der Waals surface area (Å²) in [5, 5.41) is 0. The van der Waals surface area contributed by atoms with Gasteiger partial charge in [-0.2, -0.15) is 0 Å². The molecular weight excluding hydrogens is 448 g/mol. The number of ether oxygens (including phenoxy) is 2. The van der Waals surface area contributed by atoms with Gasteiger partial charge in [-0.3, -0.25) is 0 Å². The van der Waals surface area contributed by atoms with Crippen molar-refractivity contribution in [3.05, 3.63) is 99.5 Å². The molecule has 1 aliphatic heterocycles. The molecule has 0 radical (unpaired) electrons. The highest BCUT2D eigenvalue weighted by Crippen LogP contribution is 2.42. The molecule has 31 heavy (non-hydrogen) atoms. The molecule has 1 aliphatic carbocycles. The SMILES string of the molecule is Brc1ccc(C2c3ccc(OCc4ccccc4)cc3COC2CC2CCCC2)cc1. The van der Waals surface area contributed by atoms with E-state index in [2.05, 4.69) is 70.5 Å². The van der Waals surface area contributed by atoms with Crippen LogP contribution in [-0.4, -0.2) is 6.10 Å². The molecule has 5 rings (SSSR count). The molecule has 0 amide bonds. The smallest absolute Gasteiger partial charge is 0.120 e. The van der Waals surface area contributed by atoms with Crippen molar-refractivity contribution < 1.29 is 9.47 Å². The Hall–Kier alpha value is -2.10. The molecule has 0 spiro atoms. The monoisotopic (exact) mass is 476 g/mol. The molecule has 0 N–H and O–H groups in total. The fraction of sp³-hybridized carbons (Fsp3) is 0.357. The topological polar surface area (TPSA) is 18.5 Å². The summed E-state index contributed by atoms with van der Waals surface area (Å²) in [7, 11) is 0. The van der Waals surface area contributed by atoms with Crippen LogP contribution in [0.15, 0.2) is 77.3 Å². The lowest BCUT2D eigenvalue weighted by atomic mass is 9.79. The Labute approximate surface area is 193 Å². The van der Waals surface area contributed by atoms with Gasteiger partial charge in [-0.25, -0.2) is 0 Å². The van der Waals surface area contributed by atoms with Crippen molar-refractivity contribution in [1.29, 1.82) is 0 Å². The summed E-state index contributed by atoms with van der Waals surface area (Å²) in [5.74, 6) is 1.99. The quantitative estimate of drug-likeness (QED) is 0.363. The van der Waals surface area contributed by atoms with Crippen LogP contribution >= 0.6 is 15.9 Å². The van der Waals surface area contributed by atoms with Gasteiger partial charge in [0.25, 0.3) is 0 Å². The molecule has 2 unspecified atom stereocenters. The maximum Gasteiger partial charge on any atom is 0.120 e. The second kappa shape index (κ2) is 9.58.